The molecule has 2 aromatic carbocycles. The molecule has 0 bridgehead atoms. The molecule has 0 unspecified atom stereocenters. The number of dihydropyridines is 1. The van der Waals surface area contributed by atoms with Gasteiger partial charge in [-0.05, 0) is 48.1 Å². The number of hydrogen-bond acceptors (Lipinski definition) is 5. The van der Waals surface area contributed by atoms with Gasteiger partial charge in [0, 0.05) is 40.1 Å². The zero-order chi connectivity index (χ0) is 23.7. The molecule has 1 aromatic heterocycles. The molecule has 3 aromatic rings. The number of esters is 1. The number of halogens is 1. The molecule has 0 radical (unpaired) electrons. The van der Waals surface area contributed by atoms with Crippen LogP contribution < -0.4 is 5.32 Å². The van der Waals surface area contributed by atoms with E-state index in [1.807, 2.05) is 48.7 Å². The van der Waals surface area contributed by atoms with E-state index < -0.39 is 11.9 Å². The predicted octanol–water partition coefficient (Wildman–Crippen LogP) is 5.99. The zero-order valence-electron chi connectivity index (χ0n) is 18.7. The fourth-order valence-electron chi connectivity index (χ4n) is 4.82. The molecule has 1 aliphatic carbocycles. The predicted molar refractivity (Wildman–Crippen MR) is 130 cm³/mol. The summed E-state index contributed by atoms with van der Waals surface area (Å²) in [6.07, 6.45) is 1.06. The average molecular weight is 474 g/mol. The average Bonchev–Trinajstić information content (AvgIpc) is 3.38. The summed E-state index contributed by atoms with van der Waals surface area (Å²) in [7, 11) is 0. The number of ketones is 1. The van der Waals surface area contributed by atoms with Crippen molar-refractivity contribution in [3.63, 3.8) is 0 Å². The molecular formula is C28H24FNO3S. The molecule has 0 saturated heterocycles. The lowest BCUT2D eigenvalue weighted by atomic mass is 9.72. The fraction of sp³-hybridized carbons (Fsp3) is 0.214. The zero-order valence-corrected chi connectivity index (χ0v) is 19.5. The van der Waals surface area contributed by atoms with Gasteiger partial charge in [-0.15, -0.1) is 11.3 Å². The number of rotatable bonds is 5. The monoisotopic (exact) mass is 473 g/mol. The van der Waals surface area contributed by atoms with Gasteiger partial charge in [-0.2, -0.15) is 0 Å². The fourth-order valence-corrected chi connectivity index (χ4v) is 5.65. The minimum Gasteiger partial charge on any atom is -0.457 e. The summed E-state index contributed by atoms with van der Waals surface area (Å²) in [5, 5.41) is 5.37. The van der Waals surface area contributed by atoms with Crippen LogP contribution in [-0.2, 0) is 20.9 Å². The van der Waals surface area contributed by atoms with Crippen LogP contribution in [0.3, 0.4) is 0 Å². The Hall–Kier alpha value is -3.51. The highest BCUT2D eigenvalue weighted by Crippen LogP contribution is 2.46. The molecule has 172 valence electrons. The molecule has 2 aliphatic rings. The summed E-state index contributed by atoms with van der Waals surface area (Å²) in [5.41, 5.74) is 4.04. The van der Waals surface area contributed by atoms with E-state index in [4.69, 9.17) is 4.74 Å². The van der Waals surface area contributed by atoms with E-state index in [0.717, 1.165) is 11.3 Å². The molecule has 5 rings (SSSR count). The number of nitrogens with one attached hydrogen (secondary N) is 1. The van der Waals surface area contributed by atoms with E-state index in [1.54, 1.807) is 23.5 Å². The SMILES string of the molecule is CC1=C(C(=O)OCc2ccccc2)[C@@H](c2ccc(F)cc2)C2=C(C[C@H](c3cccs3)CC2=O)N1. The molecule has 1 aliphatic heterocycles. The highest BCUT2D eigenvalue weighted by Gasteiger charge is 2.41. The normalized spacial score (nSPS) is 20.1. The van der Waals surface area contributed by atoms with Gasteiger partial charge in [0.1, 0.15) is 12.4 Å². The lowest BCUT2D eigenvalue weighted by Crippen LogP contribution is -2.36. The van der Waals surface area contributed by atoms with Crippen molar-refractivity contribution in [1.29, 1.82) is 0 Å². The van der Waals surface area contributed by atoms with Crippen molar-refractivity contribution in [2.45, 2.75) is 38.2 Å². The number of thiophene rings is 1. The first kappa shape index (κ1) is 22.3. The molecule has 6 heteroatoms. The van der Waals surface area contributed by atoms with Crippen molar-refractivity contribution in [2.24, 2.45) is 0 Å². The van der Waals surface area contributed by atoms with E-state index in [2.05, 4.69) is 11.4 Å². The maximum absolute atomic E-state index is 13.7. The van der Waals surface area contributed by atoms with Crippen molar-refractivity contribution >= 4 is 23.1 Å². The van der Waals surface area contributed by atoms with Crippen LogP contribution in [-0.4, -0.2) is 11.8 Å². The summed E-state index contributed by atoms with van der Waals surface area (Å²) in [4.78, 5) is 28.0. The molecule has 0 amide bonds. The van der Waals surface area contributed by atoms with Crippen LogP contribution in [0.15, 0.2) is 94.7 Å². The van der Waals surface area contributed by atoms with Crippen molar-refractivity contribution in [2.75, 3.05) is 0 Å². The topological polar surface area (TPSA) is 55.4 Å². The van der Waals surface area contributed by atoms with Crippen molar-refractivity contribution in [1.82, 2.24) is 5.32 Å². The van der Waals surface area contributed by atoms with Gasteiger partial charge >= 0.3 is 5.97 Å². The first-order valence-electron chi connectivity index (χ1n) is 11.2. The quantitative estimate of drug-likeness (QED) is 0.463. The molecule has 0 spiro atoms. The van der Waals surface area contributed by atoms with Crippen molar-refractivity contribution in [3.05, 3.63) is 116 Å². The number of hydrogen-bond donors (Lipinski definition) is 1. The van der Waals surface area contributed by atoms with Gasteiger partial charge in [0.15, 0.2) is 5.78 Å². The van der Waals surface area contributed by atoms with Crippen LogP contribution in [0.25, 0.3) is 0 Å². The van der Waals surface area contributed by atoms with Crippen LogP contribution in [0.1, 0.15) is 47.6 Å². The second kappa shape index (κ2) is 9.39. The summed E-state index contributed by atoms with van der Waals surface area (Å²) < 4.78 is 19.4. The molecule has 2 atom stereocenters. The van der Waals surface area contributed by atoms with Crippen molar-refractivity contribution < 1.29 is 18.7 Å². The highest BCUT2D eigenvalue weighted by molar-refractivity contribution is 7.10. The lowest BCUT2D eigenvalue weighted by Gasteiger charge is -2.36. The third-order valence-corrected chi connectivity index (χ3v) is 7.44. The molecule has 0 saturated carbocycles. The smallest absolute Gasteiger partial charge is 0.337 e. The first-order chi connectivity index (χ1) is 16.5. The number of allylic oxidation sites excluding steroid dienone is 3. The molecule has 34 heavy (non-hydrogen) atoms. The number of ether oxygens (including phenoxy) is 1. The van der Waals surface area contributed by atoms with E-state index in [9.17, 15) is 14.0 Å². The van der Waals surface area contributed by atoms with Gasteiger partial charge in [0.05, 0.1) is 5.57 Å². The Balaban J connectivity index is 1.51. The largest absolute Gasteiger partial charge is 0.457 e. The maximum atomic E-state index is 13.7. The first-order valence-corrected chi connectivity index (χ1v) is 12.1. The molecule has 2 heterocycles. The van der Waals surface area contributed by atoms with Crippen LogP contribution >= 0.6 is 11.3 Å². The third-order valence-electron chi connectivity index (χ3n) is 6.41. The Morgan fingerprint density at radius 3 is 2.53 bits per heavy atom. The molecule has 1 N–H and O–H groups in total. The van der Waals surface area contributed by atoms with Gasteiger partial charge in [-0.25, -0.2) is 9.18 Å². The van der Waals surface area contributed by atoms with E-state index in [-0.39, 0.29) is 24.1 Å². The summed E-state index contributed by atoms with van der Waals surface area (Å²) in [6, 6.07) is 19.5. The lowest BCUT2D eigenvalue weighted by molar-refractivity contribution is -0.140. The van der Waals surface area contributed by atoms with Crippen LogP contribution in [0.4, 0.5) is 4.39 Å². The number of carbonyl (C=O) groups is 2. The second-order valence-electron chi connectivity index (χ2n) is 8.65. The summed E-state index contributed by atoms with van der Waals surface area (Å²) in [6.45, 7) is 1.96. The third kappa shape index (κ3) is 4.33. The van der Waals surface area contributed by atoms with E-state index in [0.29, 0.717) is 35.2 Å². The minimum absolute atomic E-state index is 0.00216. The molecule has 0 fully saturated rings. The molecular weight excluding hydrogens is 449 g/mol. The summed E-state index contributed by atoms with van der Waals surface area (Å²) >= 11 is 1.65. The van der Waals surface area contributed by atoms with Gasteiger partial charge in [-0.1, -0.05) is 48.5 Å². The minimum atomic E-state index is -0.600. The van der Waals surface area contributed by atoms with Crippen molar-refractivity contribution in [3.8, 4) is 0 Å². The number of carbonyl (C=O) groups excluding carboxylic acids is 2. The van der Waals surface area contributed by atoms with Crippen LogP contribution in [0.2, 0.25) is 0 Å². The second-order valence-corrected chi connectivity index (χ2v) is 9.63. The van der Waals surface area contributed by atoms with E-state index in [1.165, 1.54) is 17.0 Å². The number of Topliss-reactive ketones (excluding diaryl/α,β-unsaturated/α-hetero) is 1. The Labute approximate surface area is 201 Å². The Kier molecular flexibility index (Phi) is 6.16. The standard InChI is InChI=1S/C28H24FNO3S/c1-17-25(28(32)33-16-18-6-3-2-4-7-18)26(19-9-11-21(29)12-10-19)27-22(30-17)14-20(15-23(27)31)24-8-5-13-34-24/h2-13,20,26,30H,14-16H2,1H3/t20-,26+/m0/s1. The maximum Gasteiger partial charge on any atom is 0.337 e. The Morgan fingerprint density at radius 2 is 1.82 bits per heavy atom. The van der Waals surface area contributed by atoms with Gasteiger partial charge in [0.2, 0.25) is 0 Å². The highest BCUT2D eigenvalue weighted by atomic mass is 32.1. The van der Waals surface area contributed by atoms with Gasteiger partial charge in [0.25, 0.3) is 0 Å². The van der Waals surface area contributed by atoms with Crippen LogP contribution in [0, 0.1) is 5.82 Å². The van der Waals surface area contributed by atoms with Gasteiger partial charge < -0.3 is 10.1 Å². The Morgan fingerprint density at radius 1 is 1.06 bits per heavy atom. The number of benzene rings is 2. The van der Waals surface area contributed by atoms with E-state index >= 15 is 0 Å². The van der Waals surface area contributed by atoms with Gasteiger partial charge in [-0.3, -0.25) is 4.79 Å². The molecule has 4 nitrogen and oxygen atoms in total. The van der Waals surface area contributed by atoms with Crippen LogP contribution in [0.5, 0.6) is 0 Å². The summed E-state index contributed by atoms with van der Waals surface area (Å²) in [5.74, 6) is -1.34. The Bertz CT molecular complexity index is 1280.